The molecule has 0 saturated heterocycles. The molecule has 1 aromatic carbocycles. The number of nitrogens with zero attached hydrogens (tertiary/aromatic N) is 1. The monoisotopic (exact) mass is 292 g/mol. The van der Waals surface area contributed by atoms with E-state index in [1.54, 1.807) is 12.1 Å². The van der Waals surface area contributed by atoms with E-state index in [0.29, 0.717) is 24.3 Å². The van der Waals surface area contributed by atoms with Crippen molar-refractivity contribution in [3.05, 3.63) is 28.3 Å². The minimum absolute atomic E-state index is 0.0330. The first kappa shape index (κ1) is 15.6. The number of nitro benzene ring substituents is 1. The molecule has 1 aliphatic rings. The number of nitro groups is 1. The van der Waals surface area contributed by atoms with Crippen LogP contribution in [-0.4, -0.2) is 17.6 Å². The summed E-state index contributed by atoms with van der Waals surface area (Å²) in [5.74, 6) is 0.990. The normalized spacial score (nSPS) is 21.8. The number of hydrogen-bond donors (Lipinski definition) is 1. The van der Waals surface area contributed by atoms with Crippen molar-refractivity contribution in [2.45, 2.75) is 52.0 Å². The van der Waals surface area contributed by atoms with Crippen molar-refractivity contribution >= 4 is 11.4 Å². The first-order valence-corrected chi connectivity index (χ1v) is 7.79. The minimum Gasteiger partial charge on any atom is -0.487 e. The molecule has 5 nitrogen and oxygen atoms in total. The Labute approximate surface area is 125 Å². The lowest BCUT2D eigenvalue weighted by atomic mass is 9.86. The second-order valence-corrected chi connectivity index (χ2v) is 5.80. The first-order chi connectivity index (χ1) is 10.1. The van der Waals surface area contributed by atoms with Crippen LogP contribution in [-0.2, 0) is 0 Å². The van der Waals surface area contributed by atoms with E-state index in [4.69, 9.17) is 4.74 Å². The Bertz CT molecular complexity index is 490. The molecule has 0 aromatic heterocycles. The Balaban J connectivity index is 2.14. The van der Waals surface area contributed by atoms with Crippen LogP contribution in [0.1, 0.15) is 46.0 Å². The van der Waals surface area contributed by atoms with Crippen LogP contribution in [0.4, 0.5) is 11.4 Å². The molecule has 1 saturated carbocycles. The van der Waals surface area contributed by atoms with Crippen LogP contribution in [0.5, 0.6) is 5.75 Å². The molecule has 116 valence electrons. The predicted octanol–water partition coefficient (Wildman–Crippen LogP) is 4.37. The second kappa shape index (κ2) is 7.29. The number of benzene rings is 1. The Hall–Kier alpha value is -1.78. The average molecular weight is 292 g/mol. The minimum atomic E-state index is -0.391. The van der Waals surface area contributed by atoms with E-state index in [2.05, 4.69) is 12.2 Å². The second-order valence-electron chi connectivity index (χ2n) is 5.80. The van der Waals surface area contributed by atoms with Gasteiger partial charge in [0.15, 0.2) is 5.75 Å². The number of nitrogens with one attached hydrogen (secondary N) is 1. The Morgan fingerprint density at radius 3 is 2.81 bits per heavy atom. The van der Waals surface area contributed by atoms with Crippen molar-refractivity contribution in [3.63, 3.8) is 0 Å². The summed E-state index contributed by atoms with van der Waals surface area (Å²) in [6.45, 7) is 4.73. The summed E-state index contributed by atoms with van der Waals surface area (Å²) in [4.78, 5) is 10.7. The summed E-state index contributed by atoms with van der Waals surface area (Å²) >= 11 is 0. The maximum absolute atomic E-state index is 11.0. The highest BCUT2D eigenvalue weighted by Gasteiger charge is 2.22. The number of ether oxygens (including phenoxy) is 1. The summed E-state index contributed by atoms with van der Waals surface area (Å²) in [6, 6.07) is 5.51. The highest BCUT2D eigenvalue weighted by Crippen LogP contribution is 2.32. The molecule has 1 aromatic rings. The van der Waals surface area contributed by atoms with Gasteiger partial charge >= 0.3 is 5.69 Å². The van der Waals surface area contributed by atoms with Crippen LogP contribution < -0.4 is 10.1 Å². The molecule has 0 amide bonds. The molecule has 0 aliphatic heterocycles. The van der Waals surface area contributed by atoms with E-state index in [9.17, 15) is 10.1 Å². The fourth-order valence-corrected chi connectivity index (χ4v) is 2.83. The van der Waals surface area contributed by atoms with E-state index in [1.807, 2.05) is 6.92 Å². The van der Waals surface area contributed by atoms with Gasteiger partial charge in [-0.2, -0.15) is 0 Å². The van der Waals surface area contributed by atoms with Crippen molar-refractivity contribution in [2.75, 3.05) is 11.9 Å². The fourth-order valence-electron chi connectivity index (χ4n) is 2.83. The zero-order chi connectivity index (χ0) is 15.2. The SMILES string of the molecule is CCCOc1cc(NC2CCCCC2C)ccc1[N+](=O)[O-]. The number of rotatable bonds is 6. The van der Waals surface area contributed by atoms with Gasteiger partial charge in [0, 0.05) is 23.9 Å². The highest BCUT2D eigenvalue weighted by molar-refractivity contribution is 5.58. The molecule has 0 bridgehead atoms. The van der Waals surface area contributed by atoms with Crippen LogP contribution in [0, 0.1) is 16.0 Å². The smallest absolute Gasteiger partial charge is 0.311 e. The molecule has 1 fully saturated rings. The third kappa shape index (κ3) is 4.09. The molecule has 0 radical (unpaired) electrons. The molecule has 0 spiro atoms. The van der Waals surface area contributed by atoms with Crippen LogP contribution >= 0.6 is 0 Å². The molecule has 2 atom stereocenters. The molecule has 21 heavy (non-hydrogen) atoms. The molecule has 2 unspecified atom stereocenters. The van der Waals surface area contributed by atoms with Crippen LogP contribution in [0.3, 0.4) is 0 Å². The van der Waals surface area contributed by atoms with Crippen molar-refractivity contribution in [1.82, 2.24) is 0 Å². The van der Waals surface area contributed by atoms with E-state index >= 15 is 0 Å². The summed E-state index contributed by atoms with van der Waals surface area (Å²) in [5.41, 5.74) is 0.941. The Morgan fingerprint density at radius 1 is 1.38 bits per heavy atom. The van der Waals surface area contributed by atoms with Gasteiger partial charge in [0.2, 0.25) is 0 Å². The predicted molar refractivity (Wildman–Crippen MR) is 83.9 cm³/mol. The summed E-state index contributed by atoms with van der Waals surface area (Å²) in [5, 5.41) is 14.6. The van der Waals surface area contributed by atoms with Crippen molar-refractivity contribution in [3.8, 4) is 5.75 Å². The largest absolute Gasteiger partial charge is 0.487 e. The van der Waals surface area contributed by atoms with Crippen LogP contribution in [0.25, 0.3) is 0 Å². The molecular formula is C16H24N2O3. The fraction of sp³-hybridized carbons (Fsp3) is 0.625. The van der Waals surface area contributed by atoms with Gasteiger partial charge in [0.25, 0.3) is 0 Å². The Morgan fingerprint density at radius 2 is 2.14 bits per heavy atom. The van der Waals surface area contributed by atoms with E-state index in [1.165, 1.54) is 25.3 Å². The standard InChI is InChI=1S/C16H24N2O3/c1-3-10-21-16-11-13(8-9-15(16)18(19)20)17-14-7-5-4-6-12(14)2/h8-9,11-12,14,17H,3-7,10H2,1-2H3. The maximum Gasteiger partial charge on any atom is 0.311 e. The quantitative estimate of drug-likeness (QED) is 0.624. The highest BCUT2D eigenvalue weighted by atomic mass is 16.6. The summed E-state index contributed by atoms with van der Waals surface area (Å²) < 4.78 is 5.52. The average Bonchev–Trinajstić information content (AvgIpc) is 2.47. The van der Waals surface area contributed by atoms with Crippen LogP contribution in [0.2, 0.25) is 0 Å². The Kier molecular flexibility index (Phi) is 5.42. The lowest BCUT2D eigenvalue weighted by Gasteiger charge is -2.30. The van der Waals surface area contributed by atoms with Crippen molar-refractivity contribution in [2.24, 2.45) is 5.92 Å². The molecular weight excluding hydrogens is 268 g/mol. The molecule has 1 N–H and O–H groups in total. The van der Waals surface area contributed by atoms with Crippen molar-refractivity contribution in [1.29, 1.82) is 0 Å². The van der Waals surface area contributed by atoms with Gasteiger partial charge in [-0.3, -0.25) is 10.1 Å². The van der Waals surface area contributed by atoms with Gasteiger partial charge in [-0.15, -0.1) is 0 Å². The number of anilines is 1. The zero-order valence-corrected chi connectivity index (χ0v) is 12.8. The van der Waals surface area contributed by atoms with E-state index in [-0.39, 0.29) is 5.69 Å². The molecule has 0 heterocycles. The van der Waals surface area contributed by atoms with Gasteiger partial charge in [-0.05, 0) is 31.2 Å². The lowest BCUT2D eigenvalue weighted by molar-refractivity contribution is -0.385. The van der Waals surface area contributed by atoms with Gasteiger partial charge in [0.1, 0.15) is 0 Å². The van der Waals surface area contributed by atoms with Crippen molar-refractivity contribution < 1.29 is 9.66 Å². The first-order valence-electron chi connectivity index (χ1n) is 7.79. The number of hydrogen-bond acceptors (Lipinski definition) is 4. The molecule has 1 aliphatic carbocycles. The van der Waals surface area contributed by atoms with Gasteiger partial charge in [-0.1, -0.05) is 26.7 Å². The van der Waals surface area contributed by atoms with Gasteiger partial charge < -0.3 is 10.1 Å². The van der Waals surface area contributed by atoms with Gasteiger partial charge in [0.05, 0.1) is 11.5 Å². The lowest BCUT2D eigenvalue weighted by Crippen LogP contribution is -2.30. The molecule has 2 rings (SSSR count). The van der Waals surface area contributed by atoms with Gasteiger partial charge in [-0.25, -0.2) is 0 Å². The molecule has 5 heteroatoms. The topological polar surface area (TPSA) is 64.4 Å². The van der Waals surface area contributed by atoms with E-state index < -0.39 is 4.92 Å². The third-order valence-electron chi connectivity index (χ3n) is 4.08. The van der Waals surface area contributed by atoms with Crippen LogP contribution in [0.15, 0.2) is 18.2 Å². The summed E-state index contributed by atoms with van der Waals surface area (Å²) in [7, 11) is 0. The van der Waals surface area contributed by atoms with E-state index in [0.717, 1.165) is 18.5 Å². The summed E-state index contributed by atoms with van der Waals surface area (Å²) in [6.07, 6.45) is 5.76. The zero-order valence-electron chi connectivity index (χ0n) is 12.8. The third-order valence-corrected chi connectivity index (χ3v) is 4.08. The maximum atomic E-state index is 11.0.